The van der Waals surface area contributed by atoms with Gasteiger partial charge in [-0.1, -0.05) is 18.3 Å². The minimum absolute atomic E-state index is 0.0643. The monoisotopic (exact) mass is 167 g/mol. The van der Waals surface area contributed by atoms with E-state index in [1.165, 1.54) is 6.92 Å². The predicted molar refractivity (Wildman–Crippen MR) is 48.3 cm³/mol. The third-order valence-electron chi connectivity index (χ3n) is 1.25. The van der Waals surface area contributed by atoms with Crippen LogP contribution >= 0.6 is 12.2 Å². The fourth-order valence-electron chi connectivity index (χ4n) is 0.864. The SMILES string of the molecule is CC(=O)NC1=CC(=S)CC=C1. The molecular weight excluding hydrogens is 158 g/mol. The van der Waals surface area contributed by atoms with Gasteiger partial charge in [0.1, 0.15) is 0 Å². The molecule has 1 N–H and O–H groups in total. The summed E-state index contributed by atoms with van der Waals surface area (Å²) in [5.74, 6) is -0.0643. The number of thiocarbonyl (C=S) groups is 1. The van der Waals surface area contributed by atoms with Crippen LogP contribution in [0.25, 0.3) is 0 Å². The van der Waals surface area contributed by atoms with Crippen molar-refractivity contribution in [3.05, 3.63) is 23.9 Å². The average molecular weight is 167 g/mol. The molecule has 1 amide bonds. The smallest absolute Gasteiger partial charge is 0.221 e. The highest BCUT2D eigenvalue weighted by molar-refractivity contribution is 7.80. The van der Waals surface area contributed by atoms with Crippen LogP contribution in [0.5, 0.6) is 0 Å². The number of amides is 1. The normalized spacial score (nSPS) is 16.1. The summed E-state index contributed by atoms with van der Waals surface area (Å²) in [7, 11) is 0. The molecular formula is C8H9NOS. The molecule has 1 aliphatic rings. The molecule has 0 aliphatic heterocycles. The van der Waals surface area contributed by atoms with Crippen molar-refractivity contribution >= 4 is 23.0 Å². The van der Waals surface area contributed by atoms with E-state index in [1.807, 2.05) is 12.2 Å². The maximum Gasteiger partial charge on any atom is 0.221 e. The number of nitrogens with one attached hydrogen (secondary N) is 1. The van der Waals surface area contributed by atoms with Gasteiger partial charge >= 0.3 is 0 Å². The molecule has 0 atom stereocenters. The van der Waals surface area contributed by atoms with Crippen LogP contribution in [0, 0.1) is 0 Å². The van der Waals surface area contributed by atoms with Crippen LogP contribution in [0.2, 0.25) is 0 Å². The maximum atomic E-state index is 10.6. The summed E-state index contributed by atoms with van der Waals surface area (Å²) in [6.07, 6.45) is 6.40. The van der Waals surface area contributed by atoms with Crippen molar-refractivity contribution in [1.29, 1.82) is 0 Å². The molecule has 0 aromatic heterocycles. The van der Waals surface area contributed by atoms with Gasteiger partial charge in [-0.3, -0.25) is 4.79 Å². The highest BCUT2D eigenvalue weighted by atomic mass is 32.1. The second kappa shape index (κ2) is 3.44. The van der Waals surface area contributed by atoms with Gasteiger partial charge in [0.25, 0.3) is 0 Å². The zero-order valence-electron chi connectivity index (χ0n) is 6.26. The van der Waals surface area contributed by atoms with E-state index in [4.69, 9.17) is 12.2 Å². The van der Waals surface area contributed by atoms with Gasteiger partial charge in [0.15, 0.2) is 0 Å². The van der Waals surface area contributed by atoms with Gasteiger partial charge < -0.3 is 5.32 Å². The van der Waals surface area contributed by atoms with E-state index >= 15 is 0 Å². The molecule has 0 unspecified atom stereocenters. The molecule has 0 bridgehead atoms. The summed E-state index contributed by atoms with van der Waals surface area (Å²) >= 11 is 4.96. The summed E-state index contributed by atoms with van der Waals surface area (Å²) in [6, 6.07) is 0. The second-order valence-electron chi connectivity index (χ2n) is 2.35. The average Bonchev–Trinajstić information content (AvgIpc) is 1.85. The third kappa shape index (κ3) is 2.63. The van der Waals surface area contributed by atoms with Crippen molar-refractivity contribution in [3.63, 3.8) is 0 Å². The molecule has 0 aromatic carbocycles. The Morgan fingerprint density at radius 1 is 1.73 bits per heavy atom. The molecule has 2 nitrogen and oxygen atoms in total. The van der Waals surface area contributed by atoms with Gasteiger partial charge in [0, 0.05) is 23.9 Å². The Labute approximate surface area is 71.0 Å². The number of hydrogen-bond donors (Lipinski definition) is 1. The summed E-state index contributed by atoms with van der Waals surface area (Å²) in [4.78, 5) is 11.4. The summed E-state index contributed by atoms with van der Waals surface area (Å²) < 4.78 is 0. The van der Waals surface area contributed by atoms with E-state index in [9.17, 15) is 4.79 Å². The molecule has 0 radical (unpaired) electrons. The van der Waals surface area contributed by atoms with Crippen molar-refractivity contribution in [3.8, 4) is 0 Å². The lowest BCUT2D eigenvalue weighted by atomic mass is 10.1. The first-order valence-electron chi connectivity index (χ1n) is 3.37. The lowest BCUT2D eigenvalue weighted by Crippen LogP contribution is -2.19. The van der Waals surface area contributed by atoms with E-state index in [1.54, 1.807) is 6.08 Å². The van der Waals surface area contributed by atoms with Crippen LogP contribution in [-0.4, -0.2) is 10.8 Å². The van der Waals surface area contributed by atoms with Gasteiger partial charge in [-0.2, -0.15) is 0 Å². The first-order valence-corrected chi connectivity index (χ1v) is 3.78. The van der Waals surface area contributed by atoms with Crippen molar-refractivity contribution in [2.45, 2.75) is 13.3 Å². The van der Waals surface area contributed by atoms with E-state index in [2.05, 4.69) is 5.32 Å². The van der Waals surface area contributed by atoms with Crippen molar-refractivity contribution < 1.29 is 4.79 Å². The topological polar surface area (TPSA) is 29.1 Å². The minimum atomic E-state index is -0.0643. The Morgan fingerprint density at radius 2 is 2.45 bits per heavy atom. The Bertz CT molecular complexity index is 253. The second-order valence-corrected chi connectivity index (χ2v) is 2.88. The quantitative estimate of drug-likeness (QED) is 0.597. The number of rotatable bonds is 1. The summed E-state index contributed by atoms with van der Waals surface area (Å²) in [5, 5.41) is 2.66. The lowest BCUT2D eigenvalue weighted by molar-refractivity contribution is -0.118. The van der Waals surface area contributed by atoms with Gasteiger partial charge in [0.05, 0.1) is 0 Å². The fraction of sp³-hybridized carbons (Fsp3) is 0.250. The molecule has 0 aromatic rings. The van der Waals surface area contributed by atoms with Crippen LogP contribution < -0.4 is 5.32 Å². The molecule has 0 spiro atoms. The molecule has 0 fully saturated rings. The highest BCUT2D eigenvalue weighted by Crippen LogP contribution is 2.04. The third-order valence-corrected chi connectivity index (χ3v) is 1.54. The number of allylic oxidation sites excluding steroid dienone is 3. The molecule has 1 rings (SSSR count). The van der Waals surface area contributed by atoms with E-state index in [-0.39, 0.29) is 5.91 Å². The highest BCUT2D eigenvalue weighted by Gasteiger charge is 2.01. The number of carbonyl (C=O) groups is 1. The lowest BCUT2D eigenvalue weighted by Gasteiger charge is -2.06. The zero-order valence-corrected chi connectivity index (χ0v) is 7.07. The van der Waals surface area contributed by atoms with E-state index in [0.717, 1.165) is 17.0 Å². The number of carbonyl (C=O) groups excluding carboxylic acids is 1. The van der Waals surface area contributed by atoms with Crippen LogP contribution in [0.3, 0.4) is 0 Å². The molecule has 0 heterocycles. The standard InChI is InChI=1S/C8H9NOS/c1-6(10)9-7-3-2-4-8(11)5-7/h2-3,5H,4H2,1H3,(H,9,10). The Hall–Kier alpha value is -0.960. The predicted octanol–water partition coefficient (Wildman–Crippen LogP) is 1.34. The summed E-state index contributed by atoms with van der Waals surface area (Å²) in [5.41, 5.74) is 0.786. The Kier molecular flexibility index (Phi) is 2.54. The van der Waals surface area contributed by atoms with Crippen LogP contribution in [0.15, 0.2) is 23.9 Å². The van der Waals surface area contributed by atoms with Crippen molar-refractivity contribution in [2.24, 2.45) is 0 Å². The molecule has 0 saturated carbocycles. The van der Waals surface area contributed by atoms with E-state index in [0.29, 0.717) is 0 Å². The summed E-state index contributed by atoms with van der Waals surface area (Å²) in [6.45, 7) is 1.48. The van der Waals surface area contributed by atoms with Crippen LogP contribution in [-0.2, 0) is 4.79 Å². The Balaban J connectivity index is 2.64. The molecule has 1 aliphatic carbocycles. The van der Waals surface area contributed by atoms with Gasteiger partial charge in [-0.25, -0.2) is 0 Å². The minimum Gasteiger partial charge on any atom is -0.326 e. The van der Waals surface area contributed by atoms with E-state index < -0.39 is 0 Å². The Morgan fingerprint density at radius 3 is 3.00 bits per heavy atom. The zero-order chi connectivity index (χ0) is 8.27. The van der Waals surface area contributed by atoms with Crippen LogP contribution in [0.1, 0.15) is 13.3 Å². The fourth-order valence-corrected chi connectivity index (χ4v) is 1.09. The number of hydrogen-bond acceptors (Lipinski definition) is 2. The van der Waals surface area contributed by atoms with Crippen molar-refractivity contribution in [1.82, 2.24) is 5.32 Å². The molecule has 0 saturated heterocycles. The molecule has 3 heteroatoms. The first kappa shape index (κ1) is 8.14. The van der Waals surface area contributed by atoms with Gasteiger partial charge in [-0.05, 0) is 12.2 Å². The molecule has 11 heavy (non-hydrogen) atoms. The maximum absolute atomic E-state index is 10.6. The van der Waals surface area contributed by atoms with Gasteiger partial charge in [-0.15, -0.1) is 0 Å². The molecule has 58 valence electrons. The van der Waals surface area contributed by atoms with Gasteiger partial charge in [0.2, 0.25) is 5.91 Å². The first-order chi connectivity index (χ1) is 5.18. The van der Waals surface area contributed by atoms with Crippen molar-refractivity contribution in [2.75, 3.05) is 0 Å². The van der Waals surface area contributed by atoms with Crippen LogP contribution in [0.4, 0.5) is 0 Å². The largest absolute Gasteiger partial charge is 0.326 e.